The SMILES string of the molecule is Cc1cccc(Cl)c1NC(=O)c1ccc2nc(NC(=O)C3C[C@H]3c3ccc(C(C)C)cc3)sc2c1. The van der Waals surface area contributed by atoms with Crippen LogP contribution in [0.5, 0.6) is 0 Å². The second-order valence-corrected chi connectivity index (χ2v) is 10.8. The number of benzene rings is 3. The van der Waals surface area contributed by atoms with Crippen LogP contribution in [0, 0.1) is 12.8 Å². The van der Waals surface area contributed by atoms with Crippen LogP contribution >= 0.6 is 22.9 Å². The van der Waals surface area contributed by atoms with Crippen molar-refractivity contribution in [2.45, 2.75) is 39.0 Å². The van der Waals surface area contributed by atoms with Crippen molar-refractivity contribution in [1.29, 1.82) is 0 Å². The number of hydrogen-bond donors (Lipinski definition) is 2. The molecule has 2 N–H and O–H groups in total. The minimum Gasteiger partial charge on any atom is -0.320 e. The molecular formula is C28H26ClN3O2S. The van der Waals surface area contributed by atoms with Gasteiger partial charge < -0.3 is 10.6 Å². The summed E-state index contributed by atoms with van der Waals surface area (Å²) in [5.74, 6) is 0.468. The number of halogens is 1. The van der Waals surface area contributed by atoms with Gasteiger partial charge in [0.1, 0.15) is 0 Å². The summed E-state index contributed by atoms with van der Waals surface area (Å²) < 4.78 is 0.834. The van der Waals surface area contributed by atoms with Crippen LogP contribution in [0.4, 0.5) is 10.8 Å². The number of rotatable bonds is 6. The fourth-order valence-electron chi connectivity index (χ4n) is 4.27. The predicted octanol–water partition coefficient (Wildman–Crippen LogP) is 7.38. The Hall–Kier alpha value is -3.22. The van der Waals surface area contributed by atoms with Gasteiger partial charge in [-0.15, -0.1) is 0 Å². The van der Waals surface area contributed by atoms with E-state index < -0.39 is 0 Å². The molecule has 5 rings (SSSR count). The van der Waals surface area contributed by atoms with Crippen molar-refractivity contribution in [3.63, 3.8) is 0 Å². The fraction of sp³-hybridized carbons (Fsp3) is 0.250. The fourth-order valence-corrected chi connectivity index (χ4v) is 5.45. The number of thiazole rings is 1. The van der Waals surface area contributed by atoms with E-state index in [0.717, 1.165) is 22.2 Å². The van der Waals surface area contributed by atoms with E-state index in [2.05, 4.69) is 53.7 Å². The first kappa shape index (κ1) is 23.5. The Kier molecular flexibility index (Phi) is 6.34. The first-order valence-corrected chi connectivity index (χ1v) is 12.9. The number of para-hydroxylation sites is 1. The molecule has 35 heavy (non-hydrogen) atoms. The largest absolute Gasteiger partial charge is 0.320 e. The standard InChI is InChI=1S/C28H26ClN3O2S/c1-15(2)17-7-9-18(10-8-17)20-14-21(20)27(34)32-28-30-23-12-11-19(13-24(23)35-28)26(33)31-25-16(3)5-4-6-22(25)29/h4-13,15,20-21H,14H2,1-3H3,(H,31,33)(H,30,32,34)/t20-,21?/m0/s1. The van der Waals surface area contributed by atoms with Crippen LogP contribution in [-0.4, -0.2) is 16.8 Å². The molecule has 5 nitrogen and oxygen atoms in total. The van der Waals surface area contributed by atoms with E-state index in [9.17, 15) is 9.59 Å². The van der Waals surface area contributed by atoms with Crippen LogP contribution in [0.25, 0.3) is 10.2 Å². The highest BCUT2D eigenvalue weighted by atomic mass is 35.5. The third kappa shape index (κ3) is 4.95. The van der Waals surface area contributed by atoms with E-state index in [0.29, 0.717) is 27.3 Å². The molecule has 0 radical (unpaired) electrons. The minimum absolute atomic E-state index is 0.00541. The number of carbonyl (C=O) groups is 2. The molecule has 0 bridgehead atoms. The molecule has 1 unspecified atom stereocenters. The zero-order valence-electron chi connectivity index (χ0n) is 19.8. The van der Waals surface area contributed by atoms with Gasteiger partial charge in [-0.05, 0) is 66.1 Å². The Labute approximate surface area is 213 Å². The van der Waals surface area contributed by atoms with Crippen LogP contribution < -0.4 is 10.6 Å². The van der Waals surface area contributed by atoms with Crippen molar-refractivity contribution in [3.05, 3.63) is 87.9 Å². The smallest absolute Gasteiger partial charge is 0.255 e. The molecule has 4 aromatic rings. The van der Waals surface area contributed by atoms with Crippen LogP contribution in [0.15, 0.2) is 60.7 Å². The normalized spacial score (nSPS) is 16.9. The average molecular weight is 504 g/mol. The highest BCUT2D eigenvalue weighted by Crippen LogP contribution is 2.48. The number of anilines is 2. The number of nitrogens with zero attached hydrogens (tertiary/aromatic N) is 1. The van der Waals surface area contributed by atoms with Gasteiger partial charge in [0, 0.05) is 11.5 Å². The zero-order valence-corrected chi connectivity index (χ0v) is 21.3. The first-order valence-electron chi connectivity index (χ1n) is 11.7. The molecule has 1 aliphatic carbocycles. The lowest BCUT2D eigenvalue weighted by molar-refractivity contribution is -0.117. The van der Waals surface area contributed by atoms with E-state index in [1.165, 1.54) is 22.5 Å². The second kappa shape index (κ2) is 9.44. The molecule has 1 aliphatic rings. The first-order chi connectivity index (χ1) is 16.8. The van der Waals surface area contributed by atoms with Gasteiger partial charge in [0.2, 0.25) is 5.91 Å². The summed E-state index contributed by atoms with van der Waals surface area (Å²) in [6.45, 7) is 6.25. The van der Waals surface area contributed by atoms with Crippen LogP contribution in [0.1, 0.15) is 59.2 Å². The van der Waals surface area contributed by atoms with Gasteiger partial charge in [-0.1, -0.05) is 73.2 Å². The van der Waals surface area contributed by atoms with Crippen LogP contribution in [0.2, 0.25) is 5.02 Å². The molecule has 2 atom stereocenters. The predicted molar refractivity (Wildman–Crippen MR) is 144 cm³/mol. The number of aromatic nitrogens is 1. The maximum atomic E-state index is 12.8. The van der Waals surface area contributed by atoms with Crippen molar-refractivity contribution in [3.8, 4) is 0 Å². The average Bonchev–Trinajstić information content (AvgIpc) is 3.54. The van der Waals surface area contributed by atoms with Gasteiger partial charge in [0.15, 0.2) is 5.13 Å². The Bertz CT molecular complexity index is 1410. The molecule has 0 saturated heterocycles. The van der Waals surface area contributed by atoms with Crippen LogP contribution in [-0.2, 0) is 4.79 Å². The molecular weight excluding hydrogens is 478 g/mol. The highest BCUT2D eigenvalue weighted by molar-refractivity contribution is 7.22. The molecule has 1 fully saturated rings. The Balaban J connectivity index is 1.25. The van der Waals surface area contributed by atoms with Crippen molar-refractivity contribution in [1.82, 2.24) is 4.98 Å². The number of hydrogen-bond acceptors (Lipinski definition) is 4. The molecule has 178 valence electrons. The minimum atomic E-state index is -0.244. The lowest BCUT2D eigenvalue weighted by Crippen LogP contribution is -2.14. The maximum Gasteiger partial charge on any atom is 0.255 e. The Morgan fingerprint density at radius 3 is 2.54 bits per heavy atom. The quantitative estimate of drug-likeness (QED) is 0.288. The molecule has 3 aromatic carbocycles. The summed E-state index contributed by atoms with van der Waals surface area (Å²) in [5.41, 5.74) is 5.26. The summed E-state index contributed by atoms with van der Waals surface area (Å²) >= 11 is 7.61. The van der Waals surface area contributed by atoms with E-state index in [4.69, 9.17) is 11.6 Å². The van der Waals surface area contributed by atoms with Crippen molar-refractivity contribution in [2.24, 2.45) is 5.92 Å². The summed E-state index contributed by atoms with van der Waals surface area (Å²) in [6, 6.07) is 19.4. The van der Waals surface area contributed by atoms with Crippen molar-refractivity contribution < 1.29 is 9.59 Å². The molecule has 1 heterocycles. The van der Waals surface area contributed by atoms with Crippen molar-refractivity contribution >= 4 is 55.8 Å². The van der Waals surface area contributed by atoms with E-state index >= 15 is 0 Å². The second-order valence-electron chi connectivity index (χ2n) is 9.35. The number of nitrogens with one attached hydrogen (secondary N) is 2. The van der Waals surface area contributed by atoms with Gasteiger partial charge >= 0.3 is 0 Å². The third-order valence-corrected chi connectivity index (χ3v) is 7.75. The molecule has 2 amide bonds. The number of aryl methyl sites for hydroxylation is 1. The number of fused-ring (bicyclic) bond motifs is 1. The van der Waals surface area contributed by atoms with E-state index in [1.807, 2.05) is 19.1 Å². The Morgan fingerprint density at radius 1 is 1.06 bits per heavy atom. The lowest BCUT2D eigenvalue weighted by Gasteiger charge is -2.10. The van der Waals surface area contributed by atoms with Gasteiger partial charge in [-0.25, -0.2) is 4.98 Å². The zero-order chi connectivity index (χ0) is 24.7. The van der Waals surface area contributed by atoms with Crippen molar-refractivity contribution in [2.75, 3.05) is 10.6 Å². The monoisotopic (exact) mass is 503 g/mol. The summed E-state index contributed by atoms with van der Waals surface area (Å²) in [6.07, 6.45) is 0.851. The van der Waals surface area contributed by atoms with E-state index in [-0.39, 0.29) is 23.7 Å². The maximum absolute atomic E-state index is 12.8. The molecule has 0 aliphatic heterocycles. The van der Waals surface area contributed by atoms with Gasteiger partial charge in [0.05, 0.1) is 20.9 Å². The molecule has 7 heteroatoms. The highest BCUT2D eigenvalue weighted by Gasteiger charge is 2.44. The summed E-state index contributed by atoms with van der Waals surface area (Å²) in [7, 11) is 0. The van der Waals surface area contributed by atoms with Gasteiger partial charge in [0.25, 0.3) is 5.91 Å². The van der Waals surface area contributed by atoms with Gasteiger partial charge in [-0.2, -0.15) is 0 Å². The third-order valence-electron chi connectivity index (χ3n) is 6.50. The van der Waals surface area contributed by atoms with E-state index in [1.54, 1.807) is 24.3 Å². The van der Waals surface area contributed by atoms with Crippen LogP contribution in [0.3, 0.4) is 0 Å². The molecule has 1 aromatic heterocycles. The number of amides is 2. The topological polar surface area (TPSA) is 71.1 Å². The molecule has 0 spiro atoms. The van der Waals surface area contributed by atoms with Gasteiger partial charge in [-0.3, -0.25) is 9.59 Å². The number of carbonyl (C=O) groups excluding carboxylic acids is 2. The lowest BCUT2D eigenvalue weighted by atomic mass is 10.00. The Morgan fingerprint density at radius 2 is 1.83 bits per heavy atom. The molecule has 1 saturated carbocycles. The summed E-state index contributed by atoms with van der Waals surface area (Å²) in [4.78, 5) is 30.2. The summed E-state index contributed by atoms with van der Waals surface area (Å²) in [5, 5.41) is 6.92.